The Kier molecular flexibility index (Phi) is 4.27. The minimum Gasteiger partial charge on any atom is -0.419 e. The largest absolute Gasteiger partial charge is 0.419 e. The molecule has 0 saturated carbocycles. The topological polar surface area (TPSA) is 72.9 Å². The number of nitrogens with zero attached hydrogens (tertiary/aromatic N) is 6. The van der Waals surface area contributed by atoms with Crippen molar-refractivity contribution >= 4 is 11.6 Å². The molecule has 1 aliphatic heterocycles. The van der Waals surface area contributed by atoms with Gasteiger partial charge in [0.15, 0.2) is 0 Å². The first-order valence-corrected chi connectivity index (χ1v) is 8.31. The smallest absolute Gasteiger partial charge is 0.249 e. The van der Waals surface area contributed by atoms with Crippen LogP contribution in [0.4, 0.5) is 0 Å². The van der Waals surface area contributed by atoms with Crippen LogP contribution in [0.5, 0.6) is 0 Å². The van der Waals surface area contributed by atoms with Gasteiger partial charge in [0, 0.05) is 6.04 Å². The standard InChI is InChI=1S/C16H17ClN6O/c17-14-6-2-1-5-13(14)16-21-20-15(24-16)9-22-7-3-4-12(22)8-23-11-18-10-19-23/h1-2,5-6,10-12H,3-4,7-9H2/t12-/m1/s1. The molecule has 1 atom stereocenters. The maximum absolute atomic E-state index is 6.19. The summed E-state index contributed by atoms with van der Waals surface area (Å²) in [5.74, 6) is 1.07. The van der Waals surface area contributed by atoms with E-state index in [1.54, 1.807) is 12.7 Å². The molecule has 24 heavy (non-hydrogen) atoms. The van der Waals surface area contributed by atoms with Crippen molar-refractivity contribution in [3.8, 4) is 11.5 Å². The maximum Gasteiger partial charge on any atom is 0.249 e. The highest BCUT2D eigenvalue weighted by Crippen LogP contribution is 2.27. The van der Waals surface area contributed by atoms with Crippen LogP contribution in [0.1, 0.15) is 18.7 Å². The third-order valence-electron chi connectivity index (χ3n) is 4.27. The van der Waals surface area contributed by atoms with Gasteiger partial charge in [-0.3, -0.25) is 9.58 Å². The molecule has 1 aliphatic rings. The van der Waals surface area contributed by atoms with E-state index in [1.165, 1.54) is 0 Å². The monoisotopic (exact) mass is 344 g/mol. The molecule has 2 aromatic heterocycles. The molecule has 0 spiro atoms. The summed E-state index contributed by atoms with van der Waals surface area (Å²) in [5, 5.41) is 13.1. The summed E-state index contributed by atoms with van der Waals surface area (Å²) in [6, 6.07) is 7.88. The molecule has 0 amide bonds. The molecule has 3 aromatic rings. The zero-order valence-electron chi connectivity index (χ0n) is 13.0. The average molecular weight is 345 g/mol. The van der Waals surface area contributed by atoms with E-state index < -0.39 is 0 Å². The molecule has 1 saturated heterocycles. The van der Waals surface area contributed by atoms with E-state index >= 15 is 0 Å². The quantitative estimate of drug-likeness (QED) is 0.708. The van der Waals surface area contributed by atoms with Crippen molar-refractivity contribution in [2.75, 3.05) is 6.54 Å². The molecule has 7 nitrogen and oxygen atoms in total. The van der Waals surface area contributed by atoms with Gasteiger partial charge in [-0.05, 0) is 31.5 Å². The first kappa shape index (κ1) is 15.3. The Hall–Kier alpha value is -2.25. The fraction of sp³-hybridized carbons (Fsp3) is 0.375. The second kappa shape index (κ2) is 6.70. The molecular weight excluding hydrogens is 328 g/mol. The normalized spacial score (nSPS) is 18.3. The number of likely N-dealkylation sites (tertiary alicyclic amines) is 1. The number of benzene rings is 1. The predicted octanol–water partition coefficient (Wildman–Crippen LogP) is 2.65. The maximum atomic E-state index is 6.19. The third kappa shape index (κ3) is 3.18. The van der Waals surface area contributed by atoms with Crippen molar-refractivity contribution in [1.82, 2.24) is 29.9 Å². The molecule has 0 N–H and O–H groups in total. The van der Waals surface area contributed by atoms with Crippen LogP contribution in [-0.4, -0.2) is 42.4 Å². The molecule has 0 bridgehead atoms. The highest BCUT2D eigenvalue weighted by molar-refractivity contribution is 6.33. The van der Waals surface area contributed by atoms with Crippen LogP contribution in [0.25, 0.3) is 11.5 Å². The van der Waals surface area contributed by atoms with E-state index in [9.17, 15) is 0 Å². The summed E-state index contributed by atoms with van der Waals surface area (Å²) in [6.07, 6.45) is 5.60. The Bertz CT molecular complexity index is 803. The average Bonchev–Trinajstić information content (AvgIpc) is 3.32. The van der Waals surface area contributed by atoms with E-state index in [0.717, 1.165) is 31.5 Å². The van der Waals surface area contributed by atoms with E-state index in [2.05, 4.69) is 25.2 Å². The summed E-state index contributed by atoms with van der Waals surface area (Å²) in [5.41, 5.74) is 0.763. The number of halogens is 1. The molecular formula is C16H17ClN6O. The summed E-state index contributed by atoms with van der Waals surface area (Å²) in [7, 11) is 0. The first-order chi connectivity index (χ1) is 11.8. The lowest BCUT2D eigenvalue weighted by Crippen LogP contribution is -2.32. The molecule has 1 fully saturated rings. The lowest BCUT2D eigenvalue weighted by Gasteiger charge is -2.22. The first-order valence-electron chi connectivity index (χ1n) is 7.93. The molecule has 8 heteroatoms. The van der Waals surface area contributed by atoms with Crippen LogP contribution >= 0.6 is 11.6 Å². The van der Waals surface area contributed by atoms with Crippen LogP contribution in [0, 0.1) is 0 Å². The van der Waals surface area contributed by atoms with E-state index in [-0.39, 0.29) is 0 Å². The van der Waals surface area contributed by atoms with E-state index in [0.29, 0.717) is 29.4 Å². The van der Waals surface area contributed by atoms with E-state index in [1.807, 2.05) is 28.9 Å². The van der Waals surface area contributed by atoms with Crippen LogP contribution in [0.15, 0.2) is 41.3 Å². The Morgan fingerprint density at radius 3 is 3.00 bits per heavy atom. The summed E-state index contributed by atoms with van der Waals surface area (Å²) in [6.45, 7) is 2.48. The van der Waals surface area contributed by atoms with E-state index in [4.69, 9.17) is 16.0 Å². The Morgan fingerprint density at radius 2 is 2.17 bits per heavy atom. The molecule has 0 unspecified atom stereocenters. The van der Waals surface area contributed by atoms with Crippen molar-refractivity contribution in [1.29, 1.82) is 0 Å². The molecule has 0 aliphatic carbocycles. The van der Waals surface area contributed by atoms with Gasteiger partial charge in [0.05, 0.1) is 23.7 Å². The predicted molar refractivity (Wildman–Crippen MR) is 88.2 cm³/mol. The number of aromatic nitrogens is 5. The van der Waals surface area contributed by atoms with Gasteiger partial charge in [0.2, 0.25) is 11.8 Å². The minimum atomic E-state index is 0.405. The molecule has 124 valence electrons. The van der Waals surface area contributed by atoms with Crippen molar-refractivity contribution < 1.29 is 4.42 Å². The summed E-state index contributed by atoms with van der Waals surface area (Å²) < 4.78 is 7.68. The molecule has 1 aromatic carbocycles. The lowest BCUT2D eigenvalue weighted by molar-refractivity contribution is 0.200. The Morgan fingerprint density at radius 1 is 1.25 bits per heavy atom. The third-order valence-corrected chi connectivity index (χ3v) is 4.60. The van der Waals surface area contributed by atoms with Gasteiger partial charge in [0.1, 0.15) is 12.7 Å². The summed E-state index contributed by atoms with van der Waals surface area (Å²) in [4.78, 5) is 6.35. The number of hydrogen-bond donors (Lipinski definition) is 0. The van der Waals surface area contributed by atoms with Crippen LogP contribution < -0.4 is 0 Å². The zero-order valence-corrected chi connectivity index (χ0v) is 13.8. The van der Waals surface area contributed by atoms with Crippen molar-refractivity contribution in [2.24, 2.45) is 0 Å². The fourth-order valence-electron chi connectivity index (χ4n) is 3.09. The van der Waals surface area contributed by atoms with Gasteiger partial charge in [-0.15, -0.1) is 10.2 Å². The van der Waals surface area contributed by atoms with Gasteiger partial charge in [0.25, 0.3) is 0 Å². The van der Waals surface area contributed by atoms with Crippen LogP contribution in [-0.2, 0) is 13.1 Å². The van der Waals surface area contributed by atoms with Crippen LogP contribution in [0.3, 0.4) is 0 Å². The lowest BCUT2D eigenvalue weighted by atomic mass is 10.2. The second-order valence-electron chi connectivity index (χ2n) is 5.86. The fourth-order valence-corrected chi connectivity index (χ4v) is 3.30. The molecule has 0 radical (unpaired) electrons. The van der Waals surface area contributed by atoms with Crippen molar-refractivity contribution in [2.45, 2.75) is 32.0 Å². The molecule has 4 rings (SSSR count). The van der Waals surface area contributed by atoms with Crippen LogP contribution in [0.2, 0.25) is 5.02 Å². The Balaban J connectivity index is 1.46. The number of hydrogen-bond acceptors (Lipinski definition) is 6. The highest BCUT2D eigenvalue weighted by atomic mass is 35.5. The molecule has 3 heterocycles. The summed E-state index contributed by atoms with van der Waals surface area (Å²) >= 11 is 6.19. The van der Waals surface area contributed by atoms with Gasteiger partial charge >= 0.3 is 0 Å². The van der Waals surface area contributed by atoms with Crippen molar-refractivity contribution in [3.63, 3.8) is 0 Å². The Labute approximate surface area is 144 Å². The van der Waals surface area contributed by atoms with Gasteiger partial charge < -0.3 is 4.42 Å². The van der Waals surface area contributed by atoms with Gasteiger partial charge in [-0.2, -0.15) is 5.10 Å². The highest BCUT2D eigenvalue weighted by Gasteiger charge is 2.27. The second-order valence-corrected chi connectivity index (χ2v) is 6.27. The zero-order chi connectivity index (χ0) is 16.4. The van der Waals surface area contributed by atoms with Crippen molar-refractivity contribution in [3.05, 3.63) is 47.8 Å². The minimum absolute atomic E-state index is 0.405. The van der Waals surface area contributed by atoms with Gasteiger partial charge in [-0.25, -0.2) is 4.98 Å². The SMILES string of the molecule is Clc1ccccc1-c1nnc(CN2CCC[C@@H]2Cn2cncn2)o1. The number of rotatable bonds is 5. The van der Waals surface area contributed by atoms with Gasteiger partial charge in [-0.1, -0.05) is 23.7 Å².